The van der Waals surface area contributed by atoms with Gasteiger partial charge in [-0.05, 0) is 29.2 Å². The van der Waals surface area contributed by atoms with E-state index >= 15 is 0 Å². The summed E-state index contributed by atoms with van der Waals surface area (Å²) in [6.45, 7) is 25.1. The second kappa shape index (κ2) is 8.71. The molecule has 19 heavy (non-hydrogen) atoms. The SMILES string of the molecule is C=C/C=C\C(=C)C(=C)/C=C\C(=C)C(=C)/C=C\C(=C)C. The predicted molar refractivity (Wildman–Crippen MR) is 89.0 cm³/mol. The van der Waals surface area contributed by atoms with Crippen molar-refractivity contribution in [3.63, 3.8) is 0 Å². The third-order valence-electron chi connectivity index (χ3n) is 2.31. The normalized spacial score (nSPS) is 11.0. The van der Waals surface area contributed by atoms with E-state index in [1.165, 1.54) is 0 Å². The zero-order valence-electron chi connectivity index (χ0n) is 11.8. The fraction of sp³-hybridized carbons (Fsp3) is 0.0526. The van der Waals surface area contributed by atoms with Crippen molar-refractivity contribution in [1.82, 2.24) is 0 Å². The molecule has 0 unspecified atom stereocenters. The summed E-state index contributed by atoms with van der Waals surface area (Å²) in [6, 6.07) is 0. The number of rotatable bonds is 8. The van der Waals surface area contributed by atoms with Crippen LogP contribution >= 0.6 is 0 Å². The lowest BCUT2D eigenvalue weighted by molar-refractivity contribution is 1.51. The highest BCUT2D eigenvalue weighted by molar-refractivity contribution is 5.49. The van der Waals surface area contributed by atoms with Gasteiger partial charge in [0.1, 0.15) is 0 Å². The van der Waals surface area contributed by atoms with Gasteiger partial charge in [-0.15, -0.1) is 0 Å². The Labute approximate surface area is 117 Å². The van der Waals surface area contributed by atoms with E-state index < -0.39 is 0 Å². The van der Waals surface area contributed by atoms with Crippen LogP contribution in [0.2, 0.25) is 0 Å². The van der Waals surface area contributed by atoms with Crippen LogP contribution in [0.1, 0.15) is 6.92 Å². The lowest BCUT2D eigenvalue weighted by Gasteiger charge is -2.01. The highest BCUT2D eigenvalue weighted by atomic mass is 14.0. The molecule has 0 aromatic carbocycles. The van der Waals surface area contributed by atoms with E-state index in [2.05, 4.69) is 39.5 Å². The molecule has 0 atom stereocenters. The van der Waals surface area contributed by atoms with Gasteiger partial charge < -0.3 is 0 Å². The van der Waals surface area contributed by atoms with Crippen LogP contribution in [-0.2, 0) is 0 Å². The summed E-state index contributed by atoms with van der Waals surface area (Å²) in [5, 5.41) is 0. The van der Waals surface area contributed by atoms with Gasteiger partial charge in [0.2, 0.25) is 0 Å². The molecule has 0 spiro atoms. The minimum atomic E-state index is 0.830. The molecule has 0 aliphatic carbocycles. The second-order valence-electron chi connectivity index (χ2n) is 4.21. The van der Waals surface area contributed by atoms with Crippen LogP contribution < -0.4 is 0 Å². The molecule has 0 heterocycles. The molecule has 0 amide bonds. The molecular formula is C19H22. The van der Waals surface area contributed by atoms with E-state index in [-0.39, 0.29) is 0 Å². The first-order valence-corrected chi connectivity index (χ1v) is 5.95. The molecule has 0 aliphatic heterocycles. The van der Waals surface area contributed by atoms with Gasteiger partial charge in [-0.1, -0.05) is 87.6 Å². The first kappa shape index (κ1) is 16.7. The average molecular weight is 250 g/mol. The van der Waals surface area contributed by atoms with E-state index in [1.807, 2.05) is 43.4 Å². The van der Waals surface area contributed by atoms with Crippen LogP contribution in [0.15, 0.2) is 110 Å². The molecule has 0 bridgehead atoms. The molecule has 0 heteroatoms. The Morgan fingerprint density at radius 3 is 1.37 bits per heavy atom. The van der Waals surface area contributed by atoms with Gasteiger partial charge in [-0.25, -0.2) is 0 Å². The number of hydrogen-bond donors (Lipinski definition) is 0. The Morgan fingerprint density at radius 2 is 1.00 bits per heavy atom. The van der Waals surface area contributed by atoms with Crippen LogP contribution in [0.25, 0.3) is 0 Å². The van der Waals surface area contributed by atoms with Gasteiger partial charge in [0.05, 0.1) is 0 Å². The molecule has 0 rings (SSSR count). The Morgan fingerprint density at radius 1 is 0.632 bits per heavy atom. The van der Waals surface area contributed by atoms with Crippen molar-refractivity contribution in [3.8, 4) is 0 Å². The fourth-order valence-corrected chi connectivity index (χ4v) is 1.06. The Kier molecular flexibility index (Phi) is 7.64. The van der Waals surface area contributed by atoms with Gasteiger partial charge in [-0.2, -0.15) is 0 Å². The third kappa shape index (κ3) is 7.56. The van der Waals surface area contributed by atoms with Crippen molar-refractivity contribution in [3.05, 3.63) is 110 Å². The van der Waals surface area contributed by atoms with E-state index in [9.17, 15) is 0 Å². The lowest BCUT2D eigenvalue weighted by atomic mass is 10.0. The lowest BCUT2D eigenvalue weighted by Crippen LogP contribution is -1.81. The zero-order chi connectivity index (χ0) is 14.8. The van der Waals surface area contributed by atoms with Gasteiger partial charge >= 0.3 is 0 Å². The molecular weight excluding hydrogens is 228 g/mol. The van der Waals surface area contributed by atoms with Crippen LogP contribution in [0, 0.1) is 0 Å². The van der Waals surface area contributed by atoms with E-state index in [4.69, 9.17) is 0 Å². The molecule has 0 aliphatic rings. The monoisotopic (exact) mass is 250 g/mol. The molecule has 0 fully saturated rings. The molecule has 98 valence electrons. The molecule has 0 nitrogen and oxygen atoms in total. The fourth-order valence-electron chi connectivity index (χ4n) is 1.06. The summed E-state index contributed by atoms with van der Waals surface area (Å²) in [7, 11) is 0. The summed E-state index contributed by atoms with van der Waals surface area (Å²) in [6.07, 6.45) is 12.9. The highest BCUT2D eigenvalue weighted by Crippen LogP contribution is 2.14. The second-order valence-corrected chi connectivity index (χ2v) is 4.21. The van der Waals surface area contributed by atoms with Gasteiger partial charge in [0, 0.05) is 0 Å². The number of allylic oxidation sites excluding steroid dienone is 12. The first-order chi connectivity index (χ1) is 8.88. The predicted octanol–water partition coefficient (Wildman–Crippen LogP) is 5.64. The summed E-state index contributed by atoms with van der Waals surface area (Å²) >= 11 is 0. The van der Waals surface area contributed by atoms with E-state index in [0.29, 0.717) is 0 Å². The summed E-state index contributed by atoms with van der Waals surface area (Å²) in [5.41, 5.74) is 4.33. The van der Waals surface area contributed by atoms with Crippen molar-refractivity contribution in [1.29, 1.82) is 0 Å². The minimum Gasteiger partial charge on any atom is -0.0991 e. The summed E-state index contributed by atoms with van der Waals surface area (Å²) in [5.74, 6) is 0. The van der Waals surface area contributed by atoms with Crippen LogP contribution in [0.3, 0.4) is 0 Å². The maximum Gasteiger partial charge on any atom is -0.0262 e. The smallest absolute Gasteiger partial charge is 0.0262 e. The van der Waals surface area contributed by atoms with Crippen molar-refractivity contribution < 1.29 is 0 Å². The van der Waals surface area contributed by atoms with Crippen molar-refractivity contribution in [2.24, 2.45) is 0 Å². The Bertz CT molecular complexity index is 502. The zero-order valence-corrected chi connectivity index (χ0v) is 11.8. The quantitative estimate of drug-likeness (QED) is 0.489. The third-order valence-corrected chi connectivity index (χ3v) is 2.31. The van der Waals surface area contributed by atoms with Crippen molar-refractivity contribution in [2.75, 3.05) is 0 Å². The minimum absolute atomic E-state index is 0.830. The molecule has 0 aromatic rings. The molecule has 0 saturated heterocycles. The molecule has 0 saturated carbocycles. The van der Waals surface area contributed by atoms with E-state index in [0.717, 1.165) is 27.9 Å². The van der Waals surface area contributed by atoms with Gasteiger partial charge in [0.25, 0.3) is 0 Å². The van der Waals surface area contributed by atoms with Gasteiger partial charge in [-0.3, -0.25) is 0 Å². The first-order valence-electron chi connectivity index (χ1n) is 5.95. The Balaban J connectivity index is 4.60. The maximum absolute atomic E-state index is 3.95. The van der Waals surface area contributed by atoms with Crippen molar-refractivity contribution in [2.45, 2.75) is 6.92 Å². The summed E-state index contributed by atoms with van der Waals surface area (Å²) in [4.78, 5) is 0. The van der Waals surface area contributed by atoms with Crippen LogP contribution in [0.4, 0.5) is 0 Å². The number of hydrogen-bond acceptors (Lipinski definition) is 0. The topological polar surface area (TPSA) is 0 Å². The summed E-state index contributed by atoms with van der Waals surface area (Å²) < 4.78 is 0. The Hall–Kier alpha value is -2.34. The van der Waals surface area contributed by atoms with E-state index in [1.54, 1.807) is 6.08 Å². The van der Waals surface area contributed by atoms with Crippen LogP contribution in [-0.4, -0.2) is 0 Å². The average Bonchev–Trinajstić information content (AvgIpc) is 2.38. The molecule has 0 radical (unpaired) electrons. The highest BCUT2D eigenvalue weighted by Gasteiger charge is 1.94. The maximum atomic E-state index is 3.95. The molecule has 0 N–H and O–H groups in total. The standard InChI is InChI=1S/C19H22/c1-8-9-10-16(4)18(6)13-14-19(7)17(5)12-11-15(2)3/h8-14H,1-2,4-7H2,3H3/b10-9-,12-11-,14-13-. The van der Waals surface area contributed by atoms with Crippen molar-refractivity contribution >= 4 is 0 Å². The molecule has 0 aromatic heterocycles. The largest absolute Gasteiger partial charge is 0.0991 e. The van der Waals surface area contributed by atoms with Gasteiger partial charge in [0.15, 0.2) is 0 Å². The van der Waals surface area contributed by atoms with Crippen LogP contribution in [0.5, 0.6) is 0 Å².